The lowest BCUT2D eigenvalue weighted by Gasteiger charge is -2.47. The molecule has 2 aliphatic rings. The number of thiazole rings is 1. The zero-order chi connectivity index (χ0) is 16.9. The molecule has 0 spiro atoms. The number of carbonyl (C=O) groups excluding carboxylic acids is 3. The van der Waals surface area contributed by atoms with Gasteiger partial charge in [0.05, 0.1) is 11.3 Å². The number of hydrogen-bond acceptors (Lipinski definition) is 5. The lowest BCUT2D eigenvalue weighted by atomic mass is 9.96. The first-order valence-electron chi connectivity index (χ1n) is 7.47. The first kappa shape index (κ1) is 14.8. The van der Waals surface area contributed by atoms with E-state index < -0.39 is 11.6 Å². The highest BCUT2D eigenvalue weighted by Crippen LogP contribution is 2.44. The summed E-state index contributed by atoms with van der Waals surface area (Å²) >= 11 is 1.28. The number of para-hydroxylation sites is 1. The SMILES string of the molecule is CN1C(=O)c2ccccc2N2C(=O)CC[C@@]12C(=O)Nc1nccs1. The van der Waals surface area contributed by atoms with E-state index in [1.54, 1.807) is 42.9 Å². The highest BCUT2D eigenvalue weighted by Gasteiger charge is 2.59. The maximum atomic E-state index is 13.0. The van der Waals surface area contributed by atoms with Gasteiger partial charge in [0, 0.05) is 31.5 Å². The second-order valence-electron chi connectivity index (χ2n) is 5.72. The Hall–Kier alpha value is -2.74. The Balaban J connectivity index is 1.85. The predicted molar refractivity (Wildman–Crippen MR) is 88.7 cm³/mol. The van der Waals surface area contributed by atoms with Gasteiger partial charge >= 0.3 is 0 Å². The van der Waals surface area contributed by atoms with Crippen LogP contribution >= 0.6 is 11.3 Å². The average Bonchev–Trinajstić information content (AvgIpc) is 3.21. The van der Waals surface area contributed by atoms with Crippen LogP contribution in [0.5, 0.6) is 0 Å². The number of nitrogens with one attached hydrogen (secondary N) is 1. The molecule has 0 aliphatic carbocycles. The van der Waals surface area contributed by atoms with E-state index in [0.29, 0.717) is 16.4 Å². The maximum absolute atomic E-state index is 13.0. The molecule has 1 fully saturated rings. The summed E-state index contributed by atoms with van der Waals surface area (Å²) in [6.07, 6.45) is 2.04. The minimum absolute atomic E-state index is 0.170. The fourth-order valence-electron chi connectivity index (χ4n) is 3.41. The van der Waals surface area contributed by atoms with E-state index in [9.17, 15) is 14.4 Å². The van der Waals surface area contributed by atoms with Gasteiger partial charge in [-0.3, -0.25) is 24.6 Å². The number of benzene rings is 1. The van der Waals surface area contributed by atoms with Crippen LogP contribution in [0.4, 0.5) is 10.8 Å². The van der Waals surface area contributed by atoms with Crippen molar-refractivity contribution in [3.8, 4) is 0 Å². The number of likely N-dealkylation sites (N-methyl/N-ethyl adjacent to an activating group) is 1. The topological polar surface area (TPSA) is 82.6 Å². The molecule has 1 atom stereocenters. The zero-order valence-electron chi connectivity index (χ0n) is 12.9. The summed E-state index contributed by atoms with van der Waals surface area (Å²) in [4.78, 5) is 45.2. The third-order valence-corrected chi connectivity index (χ3v) is 5.25. The van der Waals surface area contributed by atoms with E-state index in [2.05, 4.69) is 10.3 Å². The van der Waals surface area contributed by atoms with Crippen molar-refractivity contribution in [2.75, 3.05) is 17.3 Å². The second kappa shape index (κ2) is 5.13. The number of anilines is 2. The minimum Gasteiger partial charge on any atom is -0.310 e. The van der Waals surface area contributed by atoms with Gasteiger partial charge in [-0.15, -0.1) is 11.3 Å². The molecule has 7 nitrogen and oxygen atoms in total. The molecule has 1 aromatic heterocycles. The monoisotopic (exact) mass is 342 g/mol. The summed E-state index contributed by atoms with van der Waals surface area (Å²) in [5, 5.41) is 4.92. The number of hydrogen-bond donors (Lipinski definition) is 1. The summed E-state index contributed by atoms with van der Waals surface area (Å²) in [5.41, 5.74) is -0.445. The molecule has 24 heavy (non-hydrogen) atoms. The van der Waals surface area contributed by atoms with Crippen LogP contribution in [0.15, 0.2) is 35.8 Å². The maximum Gasteiger partial charge on any atom is 0.273 e. The number of fused-ring (bicyclic) bond motifs is 3. The molecular formula is C16H14N4O3S. The molecule has 3 heterocycles. The van der Waals surface area contributed by atoms with E-state index in [-0.39, 0.29) is 24.7 Å². The van der Waals surface area contributed by atoms with Gasteiger partial charge in [0.25, 0.3) is 11.8 Å². The predicted octanol–water partition coefficient (Wildman–Crippen LogP) is 1.69. The van der Waals surface area contributed by atoms with Crippen molar-refractivity contribution in [2.45, 2.75) is 18.5 Å². The first-order chi connectivity index (χ1) is 11.6. The molecule has 1 N–H and O–H groups in total. The summed E-state index contributed by atoms with van der Waals surface area (Å²) in [6, 6.07) is 6.87. The van der Waals surface area contributed by atoms with Crippen LogP contribution < -0.4 is 10.2 Å². The van der Waals surface area contributed by atoms with Crippen LogP contribution in [0.3, 0.4) is 0 Å². The summed E-state index contributed by atoms with van der Waals surface area (Å²) in [5.74, 6) is -0.865. The normalized spacial score (nSPS) is 22.4. The molecular weight excluding hydrogens is 328 g/mol. The van der Waals surface area contributed by atoms with Crippen LogP contribution in [0, 0.1) is 0 Å². The van der Waals surface area contributed by atoms with Gasteiger partial charge in [-0.05, 0) is 12.1 Å². The molecule has 122 valence electrons. The van der Waals surface area contributed by atoms with Crippen LogP contribution in [0.25, 0.3) is 0 Å². The molecule has 0 bridgehead atoms. The largest absolute Gasteiger partial charge is 0.310 e. The van der Waals surface area contributed by atoms with Gasteiger partial charge in [0.15, 0.2) is 5.13 Å². The minimum atomic E-state index is -1.35. The Kier molecular flexibility index (Phi) is 3.17. The standard InChI is InChI=1S/C16H14N4O3S/c1-19-13(22)10-4-2-3-5-11(10)20-12(21)6-7-16(19,20)14(23)18-15-17-8-9-24-15/h2-5,8-9H,6-7H2,1H3,(H,17,18,23)/t16-/m1/s1. The van der Waals surface area contributed by atoms with Crippen molar-refractivity contribution in [3.63, 3.8) is 0 Å². The van der Waals surface area contributed by atoms with E-state index in [0.717, 1.165) is 0 Å². The smallest absolute Gasteiger partial charge is 0.273 e. The van der Waals surface area contributed by atoms with Gasteiger partial charge in [0.1, 0.15) is 0 Å². The van der Waals surface area contributed by atoms with E-state index in [1.807, 2.05) is 0 Å². The van der Waals surface area contributed by atoms with Crippen molar-refractivity contribution in [1.29, 1.82) is 0 Å². The highest BCUT2D eigenvalue weighted by atomic mass is 32.1. The molecule has 1 saturated heterocycles. The van der Waals surface area contributed by atoms with Crippen LogP contribution in [0.1, 0.15) is 23.2 Å². The number of amides is 3. The highest BCUT2D eigenvalue weighted by molar-refractivity contribution is 7.13. The molecule has 2 aliphatic heterocycles. The number of carbonyl (C=O) groups is 3. The molecule has 0 unspecified atom stereocenters. The molecule has 0 radical (unpaired) electrons. The van der Waals surface area contributed by atoms with Gasteiger partial charge in [-0.2, -0.15) is 0 Å². The van der Waals surface area contributed by atoms with Crippen molar-refractivity contribution in [1.82, 2.24) is 9.88 Å². The van der Waals surface area contributed by atoms with E-state index in [4.69, 9.17) is 0 Å². The van der Waals surface area contributed by atoms with Crippen LogP contribution in [-0.4, -0.2) is 40.3 Å². The molecule has 2 aromatic rings. The first-order valence-corrected chi connectivity index (χ1v) is 8.35. The summed E-state index contributed by atoms with van der Waals surface area (Å²) in [7, 11) is 1.56. The average molecular weight is 342 g/mol. The van der Waals surface area contributed by atoms with Gasteiger partial charge in [-0.25, -0.2) is 4.98 Å². The Morgan fingerprint density at radius 1 is 1.33 bits per heavy atom. The fourth-order valence-corrected chi connectivity index (χ4v) is 3.93. The Morgan fingerprint density at radius 2 is 2.12 bits per heavy atom. The van der Waals surface area contributed by atoms with E-state index in [1.165, 1.54) is 21.1 Å². The quantitative estimate of drug-likeness (QED) is 0.900. The van der Waals surface area contributed by atoms with Crippen molar-refractivity contribution in [2.24, 2.45) is 0 Å². The molecule has 4 rings (SSSR count). The molecule has 1 aromatic carbocycles. The van der Waals surface area contributed by atoms with Gasteiger partial charge in [0.2, 0.25) is 11.6 Å². The lowest BCUT2D eigenvalue weighted by molar-refractivity contribution is -0.128. The van der Waals surface area contributed by atoms with Crippen molar-refractivity contribution < 1.29 is 14.4 Å². The van der Waals surface area contributed by atoms with Crippen LogP contribution in [-0.2, 0) is 9.59 Å². The Labute approximate surface area is 141 Å². The Bertz CT molecular complexity index is 851. The van der Waals surface area contributed by atoms with Gasteiger partial charge in [-0.1, -0.05) is 12.1 Å². The third kappa shape index (κ3) is 1.83. The number of nitrogens with zero attached hydrogens (tertiary/aromatic N) is 3. The zero-order valence-corrected chi connectivity index (χ0v) is 13.7. The van der Waals surface area contributed by atoms with Crippen molar-refractivity contribution in [3.05, 3.63) is 41.4 Å². The van der Waals surface area contributed by atoms with Crippen molar-refractivity contribution >= 4 is 39.9 Å². The summed E-state index contributed by atoms with van der Waals surface area (Å²) < 4.78 is 0. The summed E-state index contributed by atoms with van der Waals surface area (Å²) in [6.45, 7) is 0. The van der Waals surface area contributed by atoms with Gasteiger partial charge < -0.3 is 4.90 Å². The number of aromatic nitrogens is 1. The lowest BCUT2D eigenvalue weighted by Crippen LogP contribution is -2.68. The number of rotatable bonds is 2. The second-order valence-corrected chi connectivity index (χ2v) is 6.61. The third-order valence-electron chi connectivity index (χ3n) is 4.56. The Morgan fingerprint density at radius 3 is 2.88 bits per heavy atom. The van der Waals surface area contributed by atoms with E-state index >= 15 is 0 Å². The molecule has 0 saturated carbocycles. The molecule has 8 heteroatoms. The molecule has 3 amide bonds. The van der Waals surface area contributed by atoms with Crippen LogP contribution in [0.2, 0.25) is 0 Å². The fraction of sp³-hybridized carbons (Fsp3) is 0.250.